The topological polar surface area (TPSA) is 72.6 Å². The zero-order valence-electron chi connectivity index (χ0n) is 12.3. The second-order valence-electron chi connectivity index (χ2n) is 5.24. The molecule has 1 aromatic carbocycles. The van der Waals surface area contributed by atoms with Crippen LogP contribution in [0.4, 0.5) is 4.39 Å². The first kappa shape index (κ1) is 16.4. The fourth-order valence-electron chi connectivity index (χ4n) is 2.26. The Bertz CT molecular complexity index is 615. The van der Waals surface area contributed by atoms with Gasteiger partial charge in [0.2, 0.25) is 10.0 Å². The molecule has 0 atom stereocenters. The second kappa shape index (κ2) is 6.39. The molecule has 0 aromatic heterocycles. The van der Waals surface area contributed by atoms with Crippen LogP contribution in [0.15, 0.2) is 17.0 Å². The molecule has 1 aromatic rings. The maximum atomic E-state index is 13.9. The average molecular weight is 316 g/mol. The van der Waals surface area contributed by atoms with Gasteiger partial charge in [-0.25, -0.2) is 12.8 Å². The van der Waals surface area contributed by atoms with Crippen LogP contribution in [0.2, 0.25) is 0 Å². The van der Waals surface area contributed by atoms with Crippen LogP contribution in [0.25, 0.3) is 0 Å². The van der Waals surface area contributed by atoms with Crippen LogP contribution in [0.1, 0.15) is 24.0 Å². The lowest BCUT2D eigenvalue weighted by atomic mass is 10.1. The molecule has 2 rings (SSSR count). The van der Waals surface area contributed by atoms with Crippen molar-refractivity contribution in [1.29, 1.82) is 0 Å². The van der Waals surface area contributed by atoms with Crippen LogP contribution in [-0.2, 0) is 21.3 Å². The van der Waals surface area contributed by atoms with Crippen molar-refractivity contribution in [3.05, 3.63) is 29.1 Å². The fourth-order valence-corrected chi connectivity index (χ4v) is 4.22. The lowest BCUT2D eigenvalue weighted by molar-refractivity contribution is 0.177. The highest BCUT2D eigenvalue weighted by atomic mass is 32.2. The maximum absolute atomic E-state index is 13.9. The molecule has 0 amide bonds. The van der Waals surface area contributed by atoms with Gasteiger partial charge in [0.1, 0.15) is 5.82 Å². The molecule has 1 fully saturated rings. The summed E-state index contributed by atoms with van der Waals surface area (Å²) in [6, 6.07) is 2.75. The monoisotopic (exact) mass is 316 g/mol. The van der Waals surface area contributed by atoms with E-state index in [9.17, 15) is 12.8 Å². The van der Waals surface area contributed by atoms with Gasteiger partial charge in [-0.1, -0.05) is 0 Å². The van der Waals surface area contributed by atoms with E-state index in [1.54, 1.807) is 0 Å². The van der Waals surface area contributed by atoms with Crippen molar-refractivity contribution in [3.63, 3.8) is 0 Å². The van der Waals surface area contributed by atoms with Crippen molar-refractivity contribution in [3.8, 4) is 0 Å². The summed E-state index contributed by atoms with van der Waals surface area (Å²) in [6.45, 7) is 2.16. The molecule has 0 radical (unpaired) electrons. The number of nitrogens with two attached hydrogens (primary N) is 1. The Hall–Kier alpha value is -1.02. The van der Waals surface area contributed by atoms with Crippen LogP contribution in [-0.4, -0.2) is 39.0 Å². The molecule has 21 heavy (non-hydrogen) atoms. The fraction of sp³-hybridized carbons (Fsp3) is 0.571. The zero-order valence-corrected chi connectivity index (χ0v) is 13.1. The van der Waals surface area contributed by atoms with Crippen molar-refractivity contribution < 1.29 is 17.5 Å². The van der Waals surface area contributed by atoms with E-state index in [1.807, 2.05) is 0 Å². The summed E-state index contributed by atoms with van der Waals surface area (Å²) in [5, 5.41) is 0. The largest absolute Gasteiger partial charge is 0.383 e. The van der Waals surface area contributed by atoms with Gasteiger partial charge >= 0.3 is 0 Å². The Morgan fingerprint density at radius 2 is 2.10 bits per heavy atom. The number of hydrogen-bond donors (Lipinski definition) is 1. The lowest BCUT2D eigenvalue weighted by Crippen LogP contribution is -2.36. The van der Waals surface area contributed by atoms with E-state index in [0.717, 1.165) is 12.8 Å². The Labute approximate surface area is 124 Å². The molecule has 7 heteroatoms. The molecule has 118 valence electrons. The van der Waals surface area contributed by atoms with Gasteiger partial charge in [0.05, 0.1) is 11.5 Å². The molecule has 2 N–H and O–H groups in total. The maximum Gasteiger partial charge on any atom is 0.243 e. The van der Waals surface area contributed by atoms with E-state index in [1.165, 1.54) is 30.5 Å². The van der Waals surface area contributed by atoms with Crippen molar-refractivity contribution >= 4 is 10.0 Å². The van der Waals surface area contributed by atoms with Crippen LogP contribution in [0.3, 0.4) is 0 Å². The highest BCUT2D eigenvalue weighted by Gasteiger charge is 2.38. The van der Waals surface area contributed by atoms with E-state index < -0.39 is 15.8 Å². The summed E-state index contributed by atoms with van der Waals surface area (Å²) in [7, 11) is -2.21. The molecule has 1 saturated carbocycles. The minimum atomic E-state index is -3.74. The third-order valence-corrected chi connectivity index (χ3v) is 5.73. The third kappa shape index (κ3) is 3.42. The van der Waals surface area contributed by atoms with Gasteiger partial charge in [0, 0.05) is 31.8 Å². The van der Waals surface area contributed by atoms with Gasteiger partial charge in [-0.3, -0.25) is 0 Å². The number of sulfonamides is 1. The van der Waals surface area contributed by atoms with Crippen LogP contribution >= 0.6 is 0 Å². The number of methoxy groups -OCH3 is 1. The number of ether oxygens (including phenoxy) is 1. The summed E-state index contributed by atoms with van der Waals surface area (Å²) >= 11 is 0. The first-order valence-corrected chi connectivity index (χ1v) is 8.35. The minimum absolute atomic E-state index is 0.00542. The van der Waals surface area contributed by atoms with E-state index >= 15 is 0 Å². The number of nitrogens with zero attached hydrogens (tertiary/aromatic N) is 1. The van der Waals surface area contributed by atoms with Crippen molar-refractivity contribution in [2.45, 2.75) is 37.2 Å². The first-order chi connectivity index (χ1) is 9.91. The molecular formula is C14H21FN2O3S. The van der Waals surface area contributed by atoms with Gasteiger partial charge in [-0.05, 0) is 37.5 Å². The average Bonchev–Trinajstić information content (AvgIpc) is 3.26. The quantitative estimate of drug-likeness (QED) is 0.825. The molecule has 0 saturated heterocycles. The minimum Gasteiger partial charge on any atom is -0.383 e. The zero-order chi connectivity index (χ0) is 15.6. The second-order valence-corrected chi connectivity index (χ2v) is 7.10. The standard InChI is InChI=1S/C14H21FN2O3S/c1-10-13(15)7-11(9-16)8-14(10)21(18,19)17(5-6-20-2)12-3-4-12/h7-8,12H,3-6,9,16H2,1-2H3. The highest BCUT2D eigenvalue weighted by molar-refractivity contribution is 7.89. The van der Waals surface area contributed by atoms with E-state index in [2.05, 4.69) is 0 Å². The lowest BCUT2D eigenvalue weighted by Gasteiger charge is -2.23. The summed E-state index contributed by atoms with van der Waals surface area (Å²) < 4.78 is 46.0. The van der Waals surface area contributed by atoms with Gasteiger partial charge in [0.25, 0.3) is 0 Å². The molecule has 5 nitrogen and oxygen atoms in total. The first-order valence-electron chi connectivity index (χ1n) is 6.91. The normalized spacial score (nSPS) is 15.7. The SMILES string of the molecule is COCCN(C1CC1)S(=O)(=O)c1cc(CN)cc(F)c1C. The predicted molar refractivity (Wildman–Crippen MR) is 77.8 cm³/mol. The van der Waals surface area contributed by atoms with Gasteiger partial charge in [0.15, 0.2) is 0 Å². The molecule has 1 aliphatic carbocycles. The van der Waals surface area contributed by atoms with Crippen molar-refractivity contribution in [1.82, 2.24) is 4.31 Å². The molecular weight excluding hydrogens is 295 g/mol. The third-order valence-electron chi connectivity index (χ3n) is 3.65. The summed E-state index contributed by atoms with van der Waals surface area (Å²) in [6.07, 6.45) is 1.67. The molecule has 0 aliphatic heterocycles. The number of hydrogen-bond acceptors (Lipinski definition) is 4. The van der Waals surface area contributed by atoms with Gasteiger partial charge in [-0.2, -0.15) is 4.31 Å². The van der Waals surface area contributed by atoms with Crippen LogP contribution < -0.4 is 5.73 Å². The summed E-state index contributed by atoms with van der Waals surface area (Å²) in [5.41, 5.74) is 6.12. The molecule has 1 aliphatic rings. The smallest absolute Gasteiger partial charge is 0.243 e. The van der Waals surface area contributed by atoms with Crippen molar-refractivity contribution in [2.24, 2.45) is 5.73 Å². The molecule has 0 bridgehead atoms. The van der Waals surface area contributed by atoms with Crippen LogP contribution in [0.5, 0.6) is 0 Å². The van der Waals surface area contributed by atoms with E-state index in [-0.39, 0.29) is 29.6 Å². The van der Waals surface area contributed by atoms with Gasteiger partial charge in [-0.15, -0.1) is 0 Å². The van der Waals surface area contributed by atoms with Crippen molar-refractivity contribution in [2.75, 3.05) is 20.3 Å². The molecule has 0 unspecified atom stereocenters. The molecule has 0 heterocycles. The summed E-state index contributed by atoms with van der Waals surface area (Å²) in [5.74, 6) is -0.543. The predicted octanol–water partition coefficient (Wildman–Crippen LogP) is 1.39. The number of halogens is 1. The summed E-state index contributed by atoms with van der Waals surface area (Å²) in [4.78, 5) is 0.00551. The van der Waals surface area contributed by atoms with Crippen LogP contribution in [0, 0.1) is 12.7 Å². The Balaban J connectivity index is 2.44. The Morgan fingerprint density at radius 1 is 1.43 bits per heavy atom. The van der Waals surface area contributed by atoms with E-state index in [0.29, 0.717) is 12.2 Å². The van der Waals surface area contributed by atoms with Gasteiger partial charge < -0.3 is 10.5 Å². The molecule has 0 spiro atoms. The number of rotatable bonds is 7. The van der Waals surface area contributed by atoms with E-state index in [4.69, 9.17) is 10.5 Å². The number of benzene rings is 1. The Morgan fingerprint density at radius 3 is 2.62 bits per heavy atom. The Kier molecular flexibility index (Phi) is 4.98. The highest BCUT2D eigenvalue weighted by Crippen LogP contribution is 2.33.